The van der Waals surface area contributed by atoms with E-state index in [4.69, 9.17) is 13.1 Å². The van der Waals surface area contributed by atoms with E-state index >= 15 is 0 Å². The minimum absolute atomic E-state index is 0.00145. The molecule has 0 unspecified atom stereocenters. The lowest BCUT2D eigenvalue weighted by Crippen LogP contribution is -2.26. The Morgan fingerprint density at radius 2 is 1.30 bits per heavy atom. The van der Waals surface area contributed by atoms with Gasteiger partial charge in [-0.1, -0.05) is 19.4 Å². The van der Waals surface area contributed by atoms with Crippen LogP contribution in [0.2, 0.25) is 0 Å². The van der Waals surface area contributed by atoms with Crippen molar-refractivity contribution in [2.45, 2.75) is 24.8 Å². The maximum Gasteiger partial charge on any atom is 0.327 e. The Bertz CT molecular complexity index is 1890. The molecule has 0 amide bonds. The van der Waals surface area contributed by atoms with E-state index in [0.717, 1.165) is 0 Å². The smallest absolute Gasteiger partial charge is 0.254 e. The third-order valence-electron chi connectivity index (χ3n) is 5.96. The summed E-state index contributed by atoms with van der Waals surface area (Å²) in [5.74, 6) is 0. The summed E-state index contributed by atoms with van der Waals surface area (Å²) in [6.07, 6.45) is 0.901. The van der Waals surface area contributed by atoms with Crippen LogP contribution in [-0.2, 0) is 12.8 Å². The van der Waals surface area contributed by atoms with Gasteiger partial charge in [0.25, 0.3) is 11.4 Å². The van der Waals surface area contributed by atoms with E-state index < -0.39 is 38.8 Å². The van der Waals surface area contributed by atoms with Gasteiger partial charge in [0.2, 0.25) is 5.03 Å². The molecule has 0 fully saturated rings. The third kappa shape index (κ3) is 3.47. The van der Waals surface area contributed by atoms with Crippen LogP contribution >= 0.6 is 10.2 Å². The van der Waals surface area contributed by atoms with Gasteiger partial charge in [0, 0.05) is 40.6 Å². The first-order valence-electron chi connectivity index (χ1n) is 10.2. The van der Waals surface area contributed by atoms with Crippen molar-refractivity contribution in [1.29, 1.82) is 10.5 Å². The molecule has 0 bridgehead atoms. The topological polar surface area (TPSA) is 108 Å². The molecule has 2 aromatic heterocycles. The highest BCUT2D eigenvalue weighted by Gasteiger charge is 2.67. The Kier molecular flexibility index (Phi) is 4.41. The second-order valence-electron chi connectivity index (χ2n) is 8.23. The van der Waals surface area contributed by atoms with Crippen molar-refractivity contribution in [2.75, 3.05) is 0 Å². The SMILES string of the molecule is [C-]#[N+]/C(C#N)=c1/c2c(/c(=C(\C#N)[N+]#[C-])c3c1-c1ncc(C)nc1C3)-c1ncc(S(F)(F)(F)(F)F)nc1C2. The summed E-state index contributed by atoms with van der Waals surface area (Å²) in [6, 6.07) is 3.54. The first-order chi connectivity index (χ1) is 17.2. The molecular weight excluding hydrogens is 515 g/mol. The lowest BCUT2D eigenvalue weighted by Gasteiger charge is -2.38. The lowest BCUT2D eigenvalue weighted by molar-refractivity contribution is 0.357. The molecule has 8 nitrogen and oxygen atoms in total. The molecule has 0 radical (unpaired) electrons. The van der Waals surface area contributed by atoms with Crippen LogP contribution in [0.5, 0.6) is 0 Å². The van der Waals surface area contributed by atoms with Crippen molar-refractivity contribution in [1.82, 2.24) is 19.9 Å². The minimum atomic E-state index is -10.2. The molecule has 0 spiro atoms. The van der Waals surface area contributed by atoms with E-state index in [1.807, 2.05) is 0 Å². The van der Waals surface area contributed by atoms with Gasteiger partial charge in [-0.25, -0.2) is 25.2 Å². The highest BCUT2D eigenvalue weighted by atomic mass is 32.5. The van der Waals surface area contributed by atoms with Gasteiger partial charge in [-0.15, -0.1) is 0 Å². The van der Waals surface area contributed by atoms with Gasteiger partial charge in [-0.2, -0.15) is 0 Å². The maximum absolute atomic E-state index is 13.5. The number of benzene rings is 1. The molecule has 3 aromatic rings. The van der Waals surface area contributed by atoms with Gasteiger partial charge in [-0.3, -0.25) is 15.0 Å². The van der Waals surface area contributed by atoms with Crippen LogP contribution in [0.1, 0.15) is 28.2 Å². The Labute approximate surface area is 205 Å². The molecule has 0 aliphatic heterocycles. The second kappa shape index (κ2) is 6.85. The van der Waals surface area contributed by atoms with Crippen molar-refractivity contribution in [3.05, 3.63) is 73.9 Å². The Morgan fingerprint density at radius 1 is 0.838 bits per heavy atom. The molecule has 2 aliphatic rings. The monoisotopic (exact) mass is 524 g/mol. The summed E-state index contributed by atoms with van der Waals surface area (Å²) in [6.45, 7) is 16.7. The average Bonchev–Trinajstić information content (AvgIpc) is 3.37. The molecule has 182 valence electrons. The molecular formula is C23H9F5N8S. The van der Waals surface area contributed by atoms with Gasteiger partial charge in [0.05, 0.1) is 59.9 Å². The standard InChI is InChI=1S/C23H9F5N8S/c1-10-8-33-22-13(35-10)4-11-18(15(6-29)31-2)21-12(19(20(11)22)16(7-30)32-3)5-14-23(21)34-9-17(36-14)37(24,25,26,27)28/h8-9H,4-5H2,1H3/b18-15+,19-16-. The van der Waals surface area contributed by atoms with Gasteiger partial charge in [0.1, 0.15) is 0 Å². The van der Waals surface area contributed by atoms with E-state index in [2.05, 4.69) is 29.6 Å². The fourth-order valence-electron chi connectivity index (χ4n) is 4.65. The third-order valence-corrected chi connectivity index (χ3v) is 6.95. The molecule has 14 heteroatoms. The van der Waals surface area contributed by atoms with Crippen molar-refractivity contribution in [3.8, 4) is 34.7 Å². The van der Waals surface area contributed by atoms with Crippen LogP contribution in [-0.4, -0.2) is 19.9 Å². The molecule has 1 aromatic carbocycles. The summed E-state index contributed by atoms with van der Waals surface area (Å²) >= 11 is 0. The maximum atomic E-state index is 13.5. The number of halogens is 5. The van der Waals surface area contributed by atoms with Crippen molar-refractivity contribution in [2.24, 2.45) is 0 Å². The number of aromatic nitrogens is 4. The molecule has 0 saturated heterocycles. The van der Waals surface area contributed by atoms with Crippen LogP contribution in [0.3, 0.4) is 0 Å². The van der Waals surface area contributed by atoms with E-state index in [-0.39, 0.29) is 51.1 Å². The van der Waals surface area contributed by atoms with Crippen molar-refractivity contribution in [3.63, 3.8) is 0 Å². The normalized spacial score (nSPS) is 16.3. The summed E-state index contributed by atoms with van der Waals surface area (Å²) in [7, 11) is -10.2. The number of hydrogen-bond acceptors (Lipinski definition) is 6. The van der Waals surface area contributed by atoms with Crippen LogP contribution in [0.15, 0.2) is 17.4 Å². The van der Waals surface area contributed by atoms with Gasteiger partial charge >= 0.3 is 10.2 Å². The molecule has 2 aliphatic carbocycles. The largest absolute Gasteiger partial charge is 0.327 e. The number of fused-ring (bicyclic) bond motifs is 6. The summed E-state index contributed by atoms with van der Waals surface area (Å²) in [4.78, 5) is 22.2. The molecule has 0 saturated carbocycles. The highest BCUT2D eigenvalue weighted by Crippen LogP contribution is 3.01. The van der Waals surface area contributed by atoms with E-state index in [1.54, 1.807) is 19.1 Å². The number of rotatable bonds is 1. The van der Waals surface area contributed by atoms with Crippen molar-refractivity contribution < 1.29 is 19.4 Å². The first kappa shape index (κ1) is 23.8. The highest BCUT2D eigenvalue weighted by molar-refractivity contribution is 8.45. The fourth-order valence-corrected chi connectivity index (χ4v) is 5.18. The Hall–Kier alpha value is -4.92. The van der Waals surface area contributed by atoms with E-state index in [1.165, 1.54) is 6.20 Å². The van der Waals surface area contributed by atoms with Crippen LogP contribution in [0.4, 0.5) is 19.4 Å². The zero-order valence-corrected chi connectivity index (χ0v) is 19.3. The lowest BCUT2D eigenvalue weighted by atomic mass is 9.92. The minimum Gasteiger partial charge on any atom is -0.254 e. The Balaban J connectivity index is 2.03. The first-order valence-corrected chi connectivity index (χ1v) is 12.1. The molecule has 5 rings (SSSR count). The number of nitrogens with zero attached hydrogens (tertiary/aromatic N) is 8. The number of aryl methyl sites for hydroxylation is 1. The van der Waals surface area contributed by atoms with Crippen molar-refractivity contribution >= 4 is 21.6 Å². The van der Waals surface area contributed by atoms with E-state index in [0.29, 0.717) is 17.0 Å². The predicted molar refractivity (Wildman–Crippen MR) is 121 cm³/mol. The van der Waals surface area contributed by atoms with Gasteiger partial charge in [0.15, 0.2) is 0 Å². The van der Waals surface area contributed by atoms with Crippen LogP contribution < -0.4 is 10.4 Å². The Morgan fingerprint density at radius 3 is 1.73 bits per heavy atom. The quantitative estimate of drug-likeness (QED) is 0.236. The van der Waals surface area contributed by atoms with Crippen LogP contribution in [0, 0.1) is 42.7 Å². The summed E-state index contributed by atoms with van der Waals surface area (Å²) in [5, 5.41) is 17.0. The summed E-state index contributed by atoms with van der Waals surface area (Å²) in [5.41, 5.74) is 0.319. The van der Waals surface area contributed by atoms with E-state index in [9.17, 15) is 30.0 Å². The predicted octanol–water partition coefficient (Wildman–Crippen LogP) is 4.48. The molecule has 2 heterocycles. The molecule has 37 heavy (non-hydrogen) atoms. The fraction of sp³-hybridized carbons (Fsp3) is 0.130. The average molecular weight is 524 g/mol. The second-order valence-corrected chi connectivity index (χ2v) is 10.6. The summed E-state index contributed by atoms with van der Waals surface area (Å²) < 4.78 is 67.4. The number of nitriles is 2. The molecule has 0 atom stereocenters. The van der Waals surface area contributed by atoms with Crippen LogP contribution in [0.25, 0.3) is 43.6 Å². The zero-order valence-electron chi connectivity index (χ0n) is 18.4. The zero-order chi connectivity index (χ0) is 27.0. The number of hydrogen-bond donors (Lipinski definition) is 0. The molecule has 0 N–H and O–H groups in total. The van der Waals surface area contributed by atoms with Gasteiger partial charge < -0.3 is 0 Å². The van der Waals surface area contributed by atoms with Gasteiger partial charge in [-0.05, 0) is 18.1 Å².